The second-order valence-corrected chi connectivity index (χ2v) is 12.0. The molecule has 4 rings (SSSR count). The summed E-state index contributed by atoms with van der Waals surface area (Å²) >= 11 is 0. The van der Waals surface area contributed by atoms with E-state index in [1.807, 2.05) is 0 Å². The van der Waals surface area contributed by atoms with Crippen LogP contribution in [0.4, 0.5) is 0 Å². The van der Waals surface area contributed by atoms with Gasteiger partial charge in [-0.15, -0.1) is 0 Å². The monoisotopic (exact) mass is 401 g/mol. The van der Waals surface area contributed by atoms with Crippen molar-refractivity contribution in [3.63, 3.8) is 0 Å². The summed E-state index contributed by atoms with van der Waals surface area (Å²) in [5, 5.41) is 15.3. The van der Waals surface area contributed by atoms with Crippen molar-refractivity contribution >= 4 is 0 Å². The zero-order chi connectivity index (χ0) is 21.1. The topological polar surface area (TPSA) is 64.1 Å². The first-order valence-corrected chi connectivity index (χ1v) is 12.0. The highest BCUT2D eigenvalue weighted by Gasteiger charge is 2.55. The third-order valence-electron chi connectivity index (χ3n) is 9.33. The standard InChI is InChI=1S/C25H43N3O/c1-15-7-8-19-20(12-26)21(9-16(2)23(15)19)25(6)11-17-13-27-28(24(3,4)5)22(17)10-18(25)14-29/h13,15-16,18-21,23,29H,7-12,14,26H2,1-6H3/t15-,16+,18+,19+,20-,21-,23+,25-/m0/s1. The van der Waals surface area contributed by atoms with Gasteiger partial charge in [0, 0.05) is 12.3 Å². The molecule has 0 aliphatic heterocycles. The lowest BCUT2D eigenvalue weighted by Crippen LogP contribution is -2.53. The van der Waals surface area contributed by atoms with E-state index in [2.05, 4.69) is 52.4 Å². The van der Waals surface area contributed by atoms with E-state index in [0.717, 1.165) is 43.1 Å². The molecule has 1 aromatic heterocycles. The van der Waals surface area contributed by atoms with E-state index in [1.165, 1.54) is 30.5 Å². The van der Waals surface area contributed by atoms with Crippen molar-refractivity contribution < 1.29 is 5.11 Å². The van der Waals surface area contributed by atoms with Crippen molar-refractivity contribution in [1.82, 2.24) is 9.78 Å². The molecule has 3 N–H and O–H groups in total. The first-order chi connectivity index (χ1) is 13.6. The van der Waals surface area contributed by atoms with Gasteiger partial charge >= 0.3 is 0 Å². The Kier molecular flexibility index (Phi) is 5.43. The summed E-state index contributed by atoms with van der Waals surface area (Å²) < 4.78 is 2.20. The Morgan fingerprint density at radius 3 is 2.59 bits per heavy atom. The molecule has 8 atom stereocenters. The van der Waals surface area contributed by atoms with Gasteiger partial charge in [-0.3, -0.25) is 4.68 Å². The van der Waals surface area contributed by atoms with Gasteiger partial charge in [0.1, 0.15) is 0 Å². The van der Waals surface area contributed by atoms with Gasteiger partial charge in [-0.1, -0.05) is 27.2 Å². The summed E-state index contributed by atoms with van der Waals surface area (Å²) in [5.74, 6) is 4.71. The van der Waals surface area contributed by atoms with Crippen LogP contribution in [0, 0.1) is 46.8 Å². The summed E-state index contributed by atoms with van der Waals surface area (Å²) in [6, 6.07) is 0. The minimum Gasteiger partial charge on any atom is -0.396 e. The highest BCUT2D eigenvalue weighted by atomic mass is 16.3. The molecule has 0 saturated heterocycles. The molecule has 1 heterocycles. The molecule has 0 radical (unpaired) electrons. The normalized spacial score (nSPS) is 42.6. The Morgan fingerprint density at radius 1 is 1.24 bits per heavy atom. The Hall–Kier alpha value is -0.870. The zero-order valence-electron chi connectivity index (χ0n) is 19.5. The number of aliphatic hydroxyl groups excluding tert-OH is 1. The molecule has 164 valence electrons. The van der Waals surface area contributed by atoms with E-state index >= 15 is 0 Å². The molecule has 0 unspecified atom stereocenters. The van der Waals surface area contributed by atoms with Crippen LogP contribution in [0.25, 0.3) is 0 Å². The molecule has 0 bridgehead atoms. The van der Waals surface area contributed by atoms with E-state index in [4.69, 9.17) is 10.8 Å². The van der Waals surface area contributed by atoms with E-state index in [9.17, 15) is 5.11 Å². The first kappa shape index (κ1) is 21.4. The molecule has 2 fully saturated rings. The Labute approximate surface area is 177 Å². The van der Waals surface area contributed by atoms with Gasteiger partial charge < -0.3 is 10.8 Å². The molecule has 0 aromatic carbocycles. The Morgan fingerprint density at radius 2 is 1.97 bits per heavy atom. The van der Waals surface area contributed by atoms with Crippen molar-refractivity contribution in [3.05, 3.63) is 17.5 Å². The third kappa shape index (κ3) is 3.29. The van der Waals surface area contributed by atoms with Crippen LogP contribution >= 0.6 is 0 Å². The predicted molar refractivity (Wildman–Crippen MR) is 119 cm³/mol. The summed E-state index contributed by atoms with van der Waals surface area (Å²) in [7, 11) is 0. The smallest absolute Gasteiger partial charge is 0.0546 e. The lowest BCUT2D eigenvalue weighted by Gasteiger charge is -2.55. The fraction of sp³-hybridized carbons (Fsp3) is 0.880. The molecule has 3 aliphatic carbocycles. The third-order valence-corrected chi connectivity index (χ3v) is 9.33. The van der Waals surface area contributed by atoms with Gasteiger partial charge in [0.15, 0.2) is 0 Å². The molecular formula is C25H43N3O. The molecule has 0 amide bonds. The van der Waals surface area contributed by atoms with Crippen LogP contribution in [0.3, 0.4) is 0 Å². The summed E-state index contributed by atoms with van der Waals surface area (Å²) in [6.45, 7) is 15.1. The average Bonchev–Trinajstić information content (AvgIpc) is 3.24. The highest BCUT2D eigenvalue weighted by molar-refractivity contribution is 5.27. The number of fused-ring (bicyclic) bond motifs is 2. The minimum atomic E-state index is -0.0202. The molecular weight excluding hydrogens is 358 g/mol. The van der Waals surface area contributed by atoms with E-state index < -0.39 is 0 Å². The predicted octanol–water partition coefficient (Wildman–Crippen LogP) is 4.24. The van der Waals surface area contributed by atoms with Crippen molar-refractivity contribution in [3.8, 4) is 0 Å². The van der Waals surface area contributed by atoms with Crippen molar-refractivity contribution in [2.75, 3.05) is 13.2 Å². The zero-order valence-corrected chi connectivity index (χ0v) is 19.5. The summed E-state index contributed by atoms with van der Waals surface area (Å²) in [4.78, 5) is 0. The molecule has 0 spiro atoms. The lowest BCUT2D eigenvalue weighted by molar-refractivity contribution is -0.0611. The maximum atomic E-state index is 10.5. The van der Waals surface area contributed by atoms with Gasteiger partial charge in [0.25, 0.3) is 0 Å². The number of hydrogen-bond donors (Lipinski definition) is 2. The van der Waals surface area contributed by atoms with Gasteiger partial charge in [0.05, 0.1) is 11.7 Å². The molecule has 1 aromatic rings. The van der Waals surface area contributed by atoms with E-state index in [-0.39, 0.29) is 23.5 Å². The van der Waals surface area contributed by atoms with Gasteiger partial charge in [-0.25, -0.2) is 0 Å². The molecule has 4 nitrogen and oxygen atoms in total. The number of nitrogens with two attached hydrogens (primary N) is 1. The maximum Gasteiger partial charge on any atom is 0.0546 e. The SMILES string of the molecule is C[C@@H]1C[C@H]([C@@]2(C)Cc3cnn(C(C)(C)C)c3C[C@@H]2CO)[C@@H](CN)[C@H]2CC[C@H](C)[C@@H]21. The van der Waals surface area contributed by atoms with Crippen LogP contribution in [0.1, 0.15) is 72.1 Å². The number of aromatic nitrogens is 2. The first-order valence-electron chi connectivity index (χ1n) is 12.0. The Bertz CT molecular complexity index is 735. The summed E-state index contributed by atoms with van der Waals surface area (Å²) in [5.41, 5.74) is 9.29. The van der Waals surface area contributed by atoms with Crippen molar-refractivity contribution in [2.45, 2.75) is 79.2 Å². The van der Waals surface area contributed by atoms with Crippen LogP contribution in [-0.2, 0) is 18.4 Å². The quantitative estimate of drug-likeness (QED) is 0.796. The Balaban J connectivity index is 1.70. The molecule has 3 aliphatic rings. The lowest BCUT2D eigenvalue weighted by atomic mass is 9.50. The van der Waals surface area contributed by atoms with Crippen LogP contribution in [0.5, 0.6) is 0 Å². The number of hydrogen-bond acceptors (Lipinski definition) is 3. The van der Waals surface area contributed by atoms with Crippen LogP contribution in [0.2, 0.25) is 0 Å². The highest BCUT2D eigenvalue weighted by Crippen LogP contribution is 2.59. The second kappa shape index (κ2) is 7.37. The van der Waals surface area contributed by atoms with Crippen LogP contribution in [0.15, 0.2) is 6.20 Å². The fourth-order valence-corrected chi connectivity index (χ4v) is 7.95. The number of rotatable bonds is 3. The number of aliphatic hydroxyl groups is 1. The van der Waals surface area contributed by atoms with E-state index in [1.54, 1.807) is 0 Å². The minimum absolute atomic E-state index is 0.0202. The molecule has 2 saturated carbocycles. The van der Waals surface area contributed by atoms with Gasteiger partial charge in [-0.05, 0) is 105 Å². The van der Waals surface area contributed by atoms with Gasteiger partial charge in [-0.2, -0.15) is 5.10 Å². The fourth-order valence-electron chi connectivity index (χ4n) is 7.95. The number of nitrogens with zero attached hydrogens (tertiary/aromatic N) is 2. The second-order valence-electron chi connectivity index (χ2n) is 12.0. The average molecular weight is 402 g/mol. The molecule has 4 heteroatoms. The molecule has 29 heavy (non-hydrogen) atoms. The van der Waals surface area contributed by atoms with Crippen molar-refractivity contribution in [1.29, 1.82) is 0 Å². The largest absolute Gasteiger partial charge is 0.396 e. The van der Waals surface area contributed by atoms with Gasteiger partial charge in [0.2, 0.25) is 0 Å². The maximum absolute atomic E-state index is 10.5. The van der Waals surface area contributed by atoms with E-state index in [0.29, 0.717) is 11.8 Å². The summed E-state index contributed by atoms with van der Waals surface area (Å²) in [6.07, 6.45) is 8.06. The van der Waals surface area contributed by atoms with Crippen LogP contribution in [-0.4, -0.2) is 28.0 Å². The van der Waals surface area contributed by atoms with Crippen LogP contribution < -0.4 is 5.73 Å². The van der Waals surface area contributed by atoms with Crippen molar-refractivity contribution in [2.24, 2.45) is 52.6 Å².